The van der Waals surface area contributed by atoms with E-state index in [1.807, 2.05) is 11.9 Å². The number of rotatable bonds is 4. The summed E-state index contributed by atoms with van der Waals surface area (Å²) in [6.07, 6.45) is 7.45. The second-order valence-corrected chi connectivity index (χ2v) is 8.71. The molecule has 0 bridgehead atoms. The maximum atomic E-state index is 12.4. The van der Waals surface area contributed by atoms with Gasteiger partial charge in [-0.25, -0.2) is 8.42 Å². The molecule has 1 saturated heterocycles. The molecule has 1 amide bonds. The number of carbonyl (C=O) groups is 1. The molecule has 0 N–H and O–H groups in total. The summed E-state index contributed by atoms with van der Waals surface area (Å²) in [5.74, 6) is 0.0228. The maximum absolute atomic E-state index is 12.4. The number of sulfonamides is 1. The molecule has 0 radical (unpaired) electrons. The van der Waals surface area contributed by atoms with Crippen molar-refractivity contribution in [3.8, 4) is 0 Å². The van der Waals surface area contributed by atoms with Gasteiger partial charge in [0.05, 0.1) is 11.2 Å². The van der Waals surface area contributed by atoms with Gasteiger partial charge in [-0.15, -0.1) is 0 Å². The minimum absolute atomic E-state index is 0.115. The third-order valence-corrected chi connectivity index (χ3v) is 7.30. The third-order valence-electron chi connectivity index (χ3n) is 4.97. The van der Waals surface area contributed by atoms with Crippen LogP contribution in [0.1, 0.15) is 44.9 Å². The van der Waals surface area contributed by atoms with E-state index in [1.165, 1.54) is 23.6 Å². The summed E-state index contributed by atoms with van der Waals surface area (Å²) < 4.78 is 25.5. The maximum Gasteiger partial charge on any atom is 0.228 e. The van der Waals surface area contributed by atoms with E-state index in [0.717, 1.165) is 25.7 Å². The average molecular weight is 300 g/mol. The lowest BCUT2D eigenvalue weighted by Gasteiger charge is -2.41. The van der Waals surface area contributed by atoms with E-state index in [4.69, 9.17) is 0 Å². The van der Waals surface area contributed by atoms with E-state index in [9.17, 15) is 13.2 Å². The van der Waals surface area contributed by atoms with Gasteiger partial charge in [0, 0.05) is 26.2 Å². The summed E-state index contributed by atoms with van der Waals surface area (Å²) in [4.78, 5) is 14.3. The first-order valence-electron chi connectivity index (χ1n) is 7.76. The Morgan fingerprint density at radius 1 is 1.05 bits per heavy atom. The van der Waals surface area contributed by atoms with Crippen LogP contribution in [-0.4, -0.2) is 55.0 Å². The van der Waals surface area contributed by atoms with Crippen LogP contribution >= 0.6 is 0 Å². The molecule has 1 aliphatic heterocycles. The highest BCUT2D eigenvalue weighted by atomic mass is 32.2. The summed E-state index contributed by atoms with van der Waals surface area (Å²) in [6, 6.07) is 0.366. The highest BCUT2D eigenvalue weighted by molar-refractivity contribution is 7.90. The highest BCUT2D eigenvalue weighted by Crippen LogP contribution is 2.35. The van der Waals surface area contributed by atoms with Crippen LogP contribution in [0.4, 0.5) is 0 Å². The van der Waals surface area contributed by atoms with Gasteiger partial charge in [0.25, 0.3) is 0 Å². The average Bonchev–Trinajstić information content (AvgIpc) is 3.21. The number of nitrogens with zero attached hydrogens (tertiary/aromatic N) is 2. The molecule has 1 heterocycles. The fourth-order valence-corrected chi connectivity index (χ4v) is 5.24. The Bertz CT molecular complexity index is 475. The van der Waals surface area contributed by atoms with Crippen LogP contribution in [0.5, 0.6) is 0 Å². The molecular weight excluding hydrogens is 276 g/mol. The van der Waals surface area contributed by atoms with Crippen LogP contribution in [0.3, 0.4) is 0 Å². The first-order valence-corrected chi connectivity index (χ1v) is 9.26. The topological polar surface area (TPSA) is 57.7 Å². The largest absolute Gasteiger partial charge is 0.342 e. The van der Waals surface area contributed by atoms with Crippen LogP contribution in [0.2, 0.25) is 0 Å². The molecule has 0 spiro atoms. The quantitative estimate of drug-likeness (QED) is 0.784. The minimum Gasteiger partial charge on any atom is -0.342 e. The predicted octanol–water partition coefficient (Wildman–Crippen LogP) is 1.20. The summed E-state index contributed by atoms with van der Waals surface area (Å²) in [6.45, 7) is 0.795. The predicted molar refractivity (Wildman–Crippen MR) is 76.6 cm³/mol. The number of carbonyl (C=O) groups excluding carboxylic acids is 1. The number of hydrogen-bond donors (Lipinski definition) is 0. The molecule has 0 aromatic rings. The summed E-state index contributed by atoms with van der Waals surface area (Å²) >= 11 is 0. The van der Waals surface area contributed by atoms with Gasteiger partial charge >= 0.3 is 0 Å². The third kappa shape index (κ3) is 2.60. The molecule has 0 atom stereocenters. The molecule has 0 aromatic carbocycles. The van der Waals surface area contributed by atoms with Gasteiger partial charge in [-0.2, -0.15) is 4.31 Å². The number of amides is 1. The second kappa shape index (κ2) is 5.30. The fraction of sp³-hybridized carbons (Fsp3) is 0.929. The highest BCUT2D eigenvalue weighted by Gasteiger charge is 2.47. The first-order chi connectivity index (χ1) is 9.50. The van der Waals surface area contributed by atoms with Crippen molar-refractivity contribution in [3.63, 3.8) is 0 Å². The minimum atomic E-state index is -3.08. The Balaban J connectivity index is 1.52. The van der Waals surface area contributed by atoms with E-state index in [0.29, 0.717) is 19.1 Å². The van der Waals surface area contributed by atoms with Gasteiger partial charge in [-0.3, -0.25) is 4.79 Å². The Kier molecular flexibility index (Phi) is 3.79. The van der Waals surface area contributed by atoms with Crippen molar-refractivity contribution in [2.24, 2.45) is 5.92 Å². The van der Waals surface area contributed by atoms with Gasteiger partial charge in [0.15, 0.2) is 0 Å². The second-order valence-electron chi connectivity index (χ2n) is 6.50. The Morgan fingerprint density at radius 2 is 1.65 bits per heavy atom. The fourth-order valence-electron chi connectivity index (χ4n) is 3.32. The molecule has 3 aliphatic rings. The van der Waals surface area contributed by atoms with Gasteiger partial charge in [0.1, 0.15) is 0 Å². The molecule has 0 unspecified atom stereocenters. The van der Waals surface area contributed by atoms with Crippen molar-refractivity contribution < 1.29 is 13.2 Å². The van der Waals surface area contributed by atoms with Gasteiger partial charge in [0.2, 0.25) is 15.9 Å². The SMILES string of the molecule is CN(C(=O)C1CN(S(=O)(=O)C2CC2)C1)C1CCCCC1. The molecule has 3 rings (SSSR count). The van der Waals surface area contributed by atoms with Crippen LogP contribution in [0.25, 0.3) is 0 Å². The summed E-state index contributed by atoms with van der Waals surface area (Å²) in [7, 11) is -1.20. The molecule has 6 heteroatoms. The van der Waals surface area contributed by atoms with E-state index in [-0.39, 0.29) is 17.1 Å². The monoisotopic (exact) mass is 300 g/mol. The van der Waals surface area contributed by atoms with Crippen molar-refractivity contribution in [1.29, 1.82) is 0 Å². The Morgan fingerprint density at radius 3 is 2.20 bits per heavy atom. The van der Waals surface area contributed by atoms with Crippen molar-refractivity contribution in [1.82, 2.24) is 9.21 Å². The van der Waals surface area contributed by atoms with Gasteiger partial charge < -0.3 is 4.90 Å². The Hall–Kier alpha value is -0.620. The molecule has 2 aliphatic carbocycles. The van der Waals surface area contributed by atoms with Crippen LogP contribution in [-0.2, 0) is 14.8 Å². The molecule has 5 nitrogen and oxygen atoms in total. The van der Waals surface area contributed by atoms with Crippen molar-refractivity contribution in [3.05, 3.63) is 0 Å². The van der Waals surface area contributed by atoms with Crippen molar-refractivity contribution in [2.75, 3.05) is 20.1 Å². The van der Waals surface area contributed by atoms with E-state index >= 15 is 0 Å². The van der Waals surface area contributed by atoms with Crippen molar-refractivity contribution in [2.45, 2.75) is 56.2 Å². The lowest BCUT2D eigenvalue weighted by molar-refractivity contribution is -0.140. The first kappa shape index (κ1) is 14.3. The number of hydrogen-bond acceptors (Lipinski definition) is 3. The lowest BCUT2D eigenvalue weighted by Crippen LogP contribution is -2.57. The molecule has 114 valence electrons. The Labute approximate surface area is 121 Å². The van der Waals surface area contributed by atoms with Gasteiger partial charge in [-0.1, -0.05) is 19.3 Å². The van der Waals surface area contributed by atoms with Crippen LogP contribution in [0.15, 0.2) is 0 Å². The molecule has 3 fully saturated rings. The normalized spacial score (nSPS) is 26.2. The van der Waals surface area contributed by atoms with Crippen LogP contribution in [0, 0.1) is 5.92 Å². The van der Waals surface area contributed by atoms with Crippen molar-refractivity contribution >= 4 is 15.9 Å². The van der Waals surface area contributed by atoms with Crippen LogP contribution < -0.4 is 0 Å². The zero-order valence-electron chi connectivity index (χ0n) is 12.1. The summed E-state index contributed by atoms with van der Waals surface area (Å²) in [5.41, 5.74) is 0. The van der Waals surface area contributed by atoms with E-state index in [1.54, 1.807) is 0 Å². The zero-order valence-corrected chi connectivity index (χ0v) is 12.9. The summed E-state index contributed by atoms with van der Waals surface area (Å²) in [5, 5.41) is -0.158. The molecule has 20 heavy (non-hydrogen) atoms. The molecular formula is C14H24N2O3S. The molecule has 2 saturated carbocycles. The lowest BCUT2D eigenvalue weighted by atomic mass is 9.92. The zero-order chi connectivity index (χ0) is 14.3. The van der Waals surface area contributed by atoms with Gasteiger partial charge in [-0.05, 0) is 25.7 Å². The molecule has 0 aromatic heterocycles. The standard InChI is InChI=1S/C14H24N2O3S/c1-15(12-5-3-2-4-6-12)14(17)11-9-16(10-11)20(18,19)13-7-8-13/h11-13H,2-10H2,1H3. The van der Waals surface area contributed by atoms with E-state index in [2.05, 4.69) is 0 Å². The van der Waals surface area contributed by atoms with E-state index < -0.39 is 10.0 Å². The smallest absolute Gasteiger partial charge is 0.228 e.